The summed E-state index contributed by atoms with van der Waals surface area (Å²) >= 11 is 11.7. The van der Waals surface area contributed by atoms with Gasteiger partial charge in [0, 0.05) is 21.2 Å². The molecular weight excluding hydrogens is 363 g/mol. The maximum absolute atomic E-state index is 12.1. The van der Waals surface area contributed by atoms with Gasteiger partial charge in [-0.05, 0) is 48.5 Å². The summed E-state index contributed by atoms with van der Waals surface area (Å²) < 4.78 is 5.50. The first-order valence-corrected chi connectivity index (χ1v) is 8.00. The van der Waals surface area contributed by atoms with E-state index in [9.17, 15) is 9.59 Å². The molecule has 0 spiro atoms. The molecule has 0 aliphatic heterocycles. The van der Waals surface area contributed by atoms with Crippen LogP contribution in [0.2, 0.25) is 10.0 Å². The molecule has 3 aromatic rings. The second-order valence-electron chi connectivity index (χ2n) is 5.09. The Kier molecular flexibility index (Phi) is 5.07. The third-order valence-electron chi connectivity index (χ3n) is 3.33. The number of amides is 2. The Morgan fingerprint density at radius 2 is 1.52 bits per heavy atom. The van der Waals surface area contributed by atoms with Crippen LogP contribution in [0.25, 0.3) is 11.3 Å². The normalized spacial score (nSPS) is 10.3. The highest BCUT2D eigenvalue weighted by atomic mass is 35.5. The van der Waals surface area contributed by atoms with Crippen molar-refractivity contribution in [3.8, 4) is 11.3 Å². The van der Waals surface area contributed by atoms with Crippen LogP contribution in [-0.4, -0.2) is 11.8 Å². The first-order valence-electron chi connectivity index (χ1n) is 7.25. The molecule has 1 heterocycles. The maximum Gasteiger partial charge on any atom is 0.305 e. The Bertz CT molecular complexity index is 920. The minimum absolute atomic E-state index is 0.0615. The number of carbonyl (C=O) groups is 2. The van der Waals surface area contributed by atoms with E-state index in [1.54, 1.807) is 48.5 Å². The number of halogens is 2. The molecule has 0 aliphatic rings. The van der Waals surface area contributed by atoms with Crippen molar-refractivity contribution in [3.05, 3.63) is 82.0 Å². The number of rotatable bonds is 3. The van der Waals surface area contributed by atoms with Crippen LogP contribution in [-0.2, 0) is 0 Å². The Morgan fingerprint density at radius 3 is 2.24 bits per heavy atom. The van der Waals surface area contributed by atoms with Crippen LogP contribution in [0.3, 0.4) is 0 Å². The topological polar surface area (TPSA) is 71.3 Å². The molecule has 0 fully saturated rings. The molecule has 2 amide bonds. The van der Waals surface area contributed by atoms with Gasteiger partial charge >= 0.3 is 5.91 Å². The highest BCUT2D eigenvalue weighted by molar-refractivity contribution is 6.31. The molecule has 3 rings (SSSR count). The summed E-state index contributed by atoms with van der Waals surface area (Å²) in [6.45, 7) is 0. The molecular formula is C18H12Cl2N2O3. The van der Waals surface area contributed by atoms with Gasteiger partial charge < -0.3 is 4.42 Å². The van der Waals surface area contributed by atoms with Gasteiger partial charge in [0.15, 0.2) is 5.76 Å². The zero-order valence-corrected chi connectivity index (χ0v) is 14.3. The Labute approximate surface area is 153 Å². The zero-order valence-electron chi connectivity index (χ0n) is 12.8. The van der Waals surface area contributed by atoms with Crippen LogP contribution in [0.4, 0.5) is 0 Å². The van der Waals surface area contributed by atoms with Gasteiger partial charge in [0.1, 0.15) is 5.76 Å². The number of nitrogens with one attached hydrogen (secondary N) is 2. The predicted octanol–water partition coefficient (Wildman–Crippen LogP) is 4.33. The van der Waals surface area contributed by atoms with E-state index in [2.05, 4.69) is 10.9 Å². The number of furan rings is 1. The van der Waals surface area contributed by atoms with Crippen LogP contribution in [0.1, 0.15) is 20.9 Å². The van der Waals surface area contributed by atoms with Crippen molar-refractivity contribution >= 4 is 35.0 Å². The quantitative estimate of drug-likeness (QED) is 0.670. The average Bonchev–Trinajstić information content (AvgIpc) is 3.10. The fourth-order valence-electron chi connectivity index (χ4n) is 2.11. The predicted molar refractivity (Wildman–Crippen MR) is 95.5 cm³/mol. The second kappa shape index (κ2) is 7.42. The molecule has 2 N–H and O–H groups in total. The Balaban J connectivity index is 1.64. The molecule has 0 unspecified atom stereocenters. The molecule has 5 nitrogen and oxygen atoms in total. The molecule has 7 heteroatoms. The number of benzene rings is 2. The number of hydrogen-bond donors (Lipinski definition) is 2. The maximum atomic E-state index is 12.1. The van der Waals surface area contributed by atoms with Gasteiger partial charge in [0.05, 0.1) is 0 Å². The Hall–Kier alpha value is -2.76. The first-order chi connectivity index (χ1) is 12.0. The summed E-state index contributed by atoms with van der Waals surface area (Å²) in [4.78, 5) is 24.0. The van der Waals surface area contributed by atoms with E-state index in [4.69, 9.17) is 27.6 Å². The summed E-state index contributed by atoms with van der Waals surface area (Å²) in [7, 11) is 0. The van der Waals surface area contributed by atoms with Gasteiger partial charge in [0.25, 0.3) is 5.91 Å². The zero-order chi connectivity index (χ0) is 17.8. The SMILES string of the molecule is O=C(NNC(=O)c1ccc(-c2cccc(Cl)c2)o1)c1ccc(Cl)cc1. The smallest absolute Gasteiger partial charge is 0.305 e. The first kappa shape index (κ1) is 17.1. The molecule has 0 saturated carbocycles. The second-order valence-corrected chi connectivity index (χ2v) is 5.96. The van der Waals surface area contributed by atoms with E-state index >= 15 is 0 Å². The average molecular weight is 375 g/mol. The van der Waals surface area contributed by atoms with E-state index in [0.29, 0.717) is 21.4 Å². The molecule has 126 valence electrons. The largest absolute Gasteiger partial charge is 0.451 e. The number of hydrazine groups is 1. The van der Waals surface area contributed by atoms with Gasteiger partial charge in [-0.2, -0.15) is 0 Å². The van der Waals surface area contributed by atoms with E-state index in [-0.39, 0.29) is 5.76 Å². The van der Waals surface area contributed by atoms with E-state index < -0.39 is 11.8 Å². The number of hydrogen-bond acceptors (Lipinski definition) is 3. The summed E-state index contributed by atoms with van der Waals surface area (Å²) in [6, 6.07) is 16.5. The summed E-state index contributed by atoms with van der Waals surface area (Å²) in [6.07, 6.45) is 0. The lowest BCUT2D eigenvalue weighted by molar-refractivity contribution is 0.0831. The van der Waals surface area contributed by atoms with Crippen molar-refractivity contribution in [2.75, 3.05) is 0 Å². The minimum Gasteiger partial charge on any atom is -0.451 e. The summed E-state index contributed by atoms with van der Waals surface area (Å²) in [5.74, 6) is -0.481. The van der Waals surface area contributed by atoms with Gasteiger partial charge in [-0.25, -0.2) is 0 Å². The third kappa shape index (κ3) is 4.21. The lowest BCUT2D eigenvalue weighted by Crippen LogP contribution is -2.41. The summed E-state index contributed by atoms with van der Waals surface area (Å²) in [5.41, 5.74) is 5.72. The van der Waals surface area contributed by atoms with Gasteiger partial charge in [-0.1, -0.05) is 35.3 Å². The van der Waals surface area contributed by atoms with Crippen molar-refractivity contribution in [3.63, 3.8) is 0 Å². The van der Waals surface area contributed by atoms with Gasteiger partial charge in [-0.15, -0.1) is 0 Å². The van der Waals surface area contributed by atoms with Crippen molar-refractivity contribution in [1.82, 2.24) is 10.9 Å². The molecule has 0 saturated heterocycles. The lowest BCUT2D eigenvalue weighted by atomic mass is 10.2. The van der Waals surface area contributed by atoms with Crippen LogP contribution >= 0.6 is 23.2 Å². The van der Waals surface area contributed by atoms with Gasteiger partial charge in [0.2, 0.25) is 0 Å². The lowest BCUT2D eigenvalue weighted by Gasteiger charge is -2.06. The van der Waals surface area contributed by atoms with Crippen molar-refractivity contribution in [2.45, 2.75) is 0 Å². The Morgan fingerprint density at radius 1 is 0.800 bits per heavy atom. The third-order valence-corrected chi connectivity index (χ3v) is 3.82. The highest BCUT2D eigenvalue weighted by Crippen LogP contribution is 2.24. The van der Waals surface area contributed by atoms with Crippen LogP contribution < -0.4 is 10.9 Å². The van der Waals surface area contributed by atoms with Crippen molar-refractivity contribution in [1.29, 1.82) is 0 Å². The van der Waals surface area contributed by atoms with E-state index in [1.165, 1.54) is 6.07 Å². The molecule has 0 radical (unpaired) electrons. The van der Waals surface area contributed by atoms with Gasteiger partial charge in [-0.3, -0.25) is 20.4 Å². The van der Waals surface area contributed by atoms with E-state index in [1.807, 2.05) is 6.07 Å². The van der Waals surface area contributed by atoms with Crippen LogP contribution in [0.5, 0.6) is 0 Å². The molecule has 25 heavy (non-hydrogen) atoms. The van der Waals surface area contributed by atoms with Crippen molar-refractivity contribution in [2.24, 2.45) is 0 Å². The minimum atomic E-state index is -0.574. The number of carbonyl (C=O) groups excluding carboxylic acids is 2. The molecule has 1 aromatic heterocycles. The van der Waals surface area contributed by atoms with Crippen molar-refractivity contribution < 1.29 is 14.0 Å². The fraction of sp³-hybridized carbons (Fsp3) is 0. The van der Waals surface area contributed by atoms with E-state index in [0.717, 1.165) is 5.56 Å². The van der Waals surface area contributed by atoms with Crippen LogP contribution in [0, 0.1) is 0 Å². The molecule has 0 aliphatic carbocycles. The molecule has 0 atom stereocenters. The van der Waals surface area contributed by atoms with Crippen LogP contribution in [0.15, 0.2) is 65.1 Å². The molecule has 0 bridgehead atoms. The fourth-order valence-corrected chi connectivity index (χ4v) is 2.42. The summed E-state index contributed by atoms with van der Waals surface area (Å²) in [5, 5.41) is 1.08. The highest BCUT2D eigenvalue weighted by Gasteiger charge is 2.14. The molecule has 2 aromatic carbocycles. The standard InChI is InChI=1S/C18H12Cl2N2O3/c19-13-6-4-11(5-7-13)17(23)21-22-18(24)16-9-8-15(25-16)12-2-1-3-14(20)10-12/h1-10H,(H,21,23)(H,22,24). The monoisotopic (exact) mass is 374 g/mol.